The van der Waals surface area contributed by atoms with Gasteiger partial charge in [0.1, 0.15) is 11.9 Å². The molecule has 1 aliphatic rings. The number of rotatable bonds is 3. The van der Waals surface area contributed by atoms with Crippen molar-refractivity contribution in [3.63, 3.8) is 0 Å². The molecule has 1 amide bonds. The van der Waals surface area contributed by atoms with E-state index in [-0.39, 0.29) is 23.0 Å². The number of halogens is 3. The van der Waals surface area contributed by atoms with Crippen LogP contribution in [0, 0.1) is 5.82 Å². The van der Waals surface area contributed by atoms with Gasteiger partial charge in [-0.25, -0.2) is 13.4 Å². The topological polar surface area (TPSA) is 44.4 Å². The lowest BCUT2D eigenvalue weighted by molar-refractivity contribution is -0.119. The van der Waals surface area contributed by atoms with Crippen molar-refractivity contribution in [3.8, 4) is 0 Å². The van der Waals surface area contributed by atoms with Gasteiger partial charge in [-0.3, -0.25) is 4.79 Å². The number of nitrogens with zero attached hydrogens (tertiary/aromatic N) is 1. The van der Waals surface area contributed by atoms with Crippen molar-refractivity contribution in [2.75, 3.05) is 12.4 Å². The molecule has 2 unspecified atom stereocenters. The van der Waals surface area contributed by atoms with Gasteiger partial charge in [-0.05, 0) is 49.4 Å². The van der Waals surface area contributed by atoms with Crippen LogP contribution in [0.3, 0.4) is 0 Å². The molecule has 2 aromatic carbocycles. The van der Waals surface area contributed by atoms with Gasteiger partial charge in [0.05, 0.1) is 5.02 Å². The Hall–Kier alpha value is -1.12. The number of likely N-dealkylation sites (N-methyl/N-ethyl adjacent to an activating group) is 1. The molecular weight excluding hydrogens is 429 g/mol. The van der Waals surface area contributed by atoms with Crippen molar-refractivity contribution in [2.24, 2.45) is 0 Å². The smallest absolute Gasteiger partial charge is 0.242 e. The molecule has 1 fully saturated rings. The van der Waals surface area contributed by atoms with Crippen LogP contribution in [0.4, 0.5) is 10.1 Å². The van der Waals surface area contributed by atoms with E-state index in [9.17, 15) is 9.18 Å². The van der Waals surface area contributed by atoms with Crippen molar-refractivity contribution >= 4 is 51.3 Å². The Balaban J connectivity index is 1.73. The van der Waals surface area contributed by atoms with Crippen LogP contribution in [0.1, 0.15) is 18.0 Å². The van der Waals surface area contributed by atoms with E-state index in [0.29, 0.717) is 12.1 Å². The number of carbonyl (C=O) groups excluding carboxylic acids is 1. The lowest BCUT2D eigenvalue weighted by Gasteiger charge is -2.35. The zero-order valence-electron chi connectivity index (χ0n) is 13.3. The van der Waals surface area contributed by atoms with Gasteiger partial charge >= 0.3 is 0 Å². The van der Waals surface area contributed by atoms with Crippen molar-refractivity contribution in [1.29, 1.82) is 0 Å². The predicted molar refractivity (Wildman–Crippen MR) is 104 cm³/mol. The summed E-state index contributed by atoms with van der Waals surface area (Å²) in [5.74, 6) is -0.664. The normalized spacial score (nSPS) is 21.1. The number of nitrogens with one attached hydrogen (secondary N) is 2. The Morgan fingerprint density at radius 1 is 1.40 bits per heavy atom. The summed E-state index contributed by atoms with van der Waals surface area (Å²) in [7, 11) is 1.86. The van der Waals surface area contributed by atoms with Gasteiger partial charge in [0.2, 0.25) is 5.91 Å². The fraction of sp³-hybridized carbons (Fsp3) is 0.235. The Labute approximate surface area is 163 Å². The first-order valence-electron chi connectivity index (χ1n) is 7.61. The molecule has 2 atom stereocenters. The molecule has 0 aliphatic carbocycles. The fourth-order valence-electron chi connectivity index (χ4n) is 2.63. The van der Waals surface area contributed by atoms with Crippen molar-refractivity contribution in [3.05, 3.63) is 63.3 Å². The number of hydrogen-bond donors (Lipinski definition) is 2. The van der Waals surface area contributed by atoms with E-state index in [1.54, 1.807) is 0 Å². The van der Waals surface area contributed by atoms with E-state index in [1.165, 1.54) is 30.3 Å². The first-order valence-corrected chi connectivity index (χ1v) is 9.55. The third-order valence-electron chi connectivity index (χ3n) is 3.98. The number of anilines is 1. The van der Waals surface area contributed by atoms with Crippen molar-refractivity contribution < 1.29 is 9.18 Å². The van der Waals surface area contributed by atoms with Gasteiger partial charge in [-0.15, -0.1) is 0 Å². The molecule has 4 nitrogen and oxygen atoms in total. The Kier molecular flexibility index (Phi) is 6.01. The molecule has 0 aromatic heterocycles. The highest BCUT2D eigenvalue weighted by atomic mass is 79.9. The molecular formula is C17H16BrClFN3OS. The van der Waals surface area contributed by atoms with Gasteiger partial charge in [0.15, 0.2) is 0 Å². The zero-order valence-corrected chi connectivity index (χ0v) is 16.5. The summed E-state index contributed by atoms with van der Waals surface area (Å²) >= 11 is 10.6. The predicted octanol–water partition coefficient (Wildman–Crippen LogP) is 4.78. The van der Waals surface area contributed by atoms with Gasteiger partial charge in [0.25, 0.3) is 0 Å². The molecule has 1 aliphatic heterocycles. The average molecular weight is 445 g/mol. The van der Waals surface area contributed by atoms with Crippen LogP contribution in [-0.4, -0.2) is 23.3 Å². The maximum Gasteiger partial charge on any atom is 0.242 e. The van der Waals surface area contributed by atoms with E-state index in [4.69, 9.17) is 11.6 Å². The summed E-state index contributed by atoms with van der Waals surface area (Å²) in [4.78, 5) is 12.7. The average Bonchev–Trinajstić information content (AvgIpc) is 2.58. The molecule has 1 heterocycles. The molecule has 0 radical (unpaired) electrons. The molecule has 0 spiro atoms. The minimum atomic E-state index is -0.510. The maximum absolute atomic E-state index is 13.3. The molecule has 8 heteroatoms. The van der Waals surface area contributed by atoms with Crippen LogP contribution in [0.15, 0.2) is 46.9 Å². The summed E-state index contributed by atoms with van der Waals surface area (Å²) < 4.78 is 19.5. The summed E-state index contributed by atoms with van der Waals surface area (Å²) in [6, 6.07) is 11.9. The molecule has 0 saturated carbocycles. The fourth-order valence-corrected chi connectivity index (χ4v) is 4.06. The molecule has 0 bridgehead atoms. The van der Waals surface area contributed by atoms with Gasteiger partial charge in [-0.1, -0.05) is 39.7 Å². The SMILES string of the molecule is CN1SNC(c2cccc(Br)c2)CC1C(=O)Nc1ccc(F)c(Cl)c1. The first kappa shape index (κ1) is 18.7. The summed E-state index contributed by atoms with van der Waals surface area (Å²) in [5, 5.41) is 2.80. The minimum Gasteiger partial charge on any atom is -0.325 e. The highest BCUT2D eigenvalue weighted by Crippen LogP contribution is 2.32. The Morgan fingerprint density at radius 2 is 2.20 bits per heavy atom. The number of hydrogen-bond acceptors (Lipinski definition) is 4. The molecule has 2 N–H and O–H groups in total. The standard InChI is InChI=1S/C17H16BrClFN3OS/c1-23-16(17(24)21-12-5-6-14(20)13(19)8-12)9-15(22-25-23)10-3-2-4-11(18)7-10/h2-8,15-16,22H,9H2,1H3,(H,21,24). The lowest BCUT2D eigenvalue weighted by atomic mass is 9.99. The third kappa shape index (κ3) is 4.54. The van der Waals surface area contributed by atoms with Crippen LogP contribution < -0.4 is 10.0 Å². The quantitative estimate of drug-likeness (QED) is 0.669. The second kappa shape index (κ2) is 8.05. The van der Waals surface area contributed by atoms with Crippen LogP contribution in [-0.2, 0) is 4.79 Å². The molecule has 2 aromatic rings. The van der Waals surface area contributed by atoms with Crippen LogP contribution in [0.25, 0.3) is 0 Å². The van der Waals surface area contributed by atoms with Gasteiger partial charge < -0.3 is 5.32 Å². The largest absolute Gasteiger partial charge is 0.325 e. The van der Waals surface area contributed by atoms with E-state index < -0.39 is 5.82 Å². The van der Waals surface area contributed by atoms with E-state index in [0.717, 1.165) is 10.0 Å². The zero-order chi connectivity index (χ0) is 18.0. The van der Waals surface area contributed by atoms with Crippen molar-refractivity contribution in [1.82, 2.24) is 9.03 Å². The molecule has 25 heavy (non-hydrogen) atoms. The summed E-state index contributed by atoms with van der Waals surface area (Å²) in [5.41, 5.74) is 1.59. The first-order chi connectivity index (χ1) is 11.9. The number of benzene rings is 2. The second-order valence-electron chi connectivity index (χ2n) is 5.73. The summed E-state index contributed by atoms with van der Waals surface area (Å²) in [6.07, 6.45) is 0.612. The van der Waals surface area contributed by atoms with Crippen LogP contribution in [0.5, 0.6) is 0 Å². The second-order valence-corrected chi connectivity index (χ2v) is 8.05. The Bertz CT molecular complexity index is 794. The summed E-state index contributed by atoms with van der Waals surface area (Å²) in [6.45, 7) is 0. The third-order valence-corrected chi connectivity index (χ3v) is 5.69. The molecule has 3 rings (SSSR count). The maximum atomic E-state index is 13.3. The van der Waals surface area contributed by atoms with Crippen LogP contribution in [0.2, 0.25) is 5.02 Å². The van der Waals surface area contributed by atoms with Crippen molar-refractivity contribution in [2.45, 2.75) is 18.5 Å². The van der Waals surface area contributed by atoms with E-state index in [1.807, 2.05) is 35.6 Å². The minimum absolute atomic E-state index is 0.0159. The monoisotopic (exact) mass is 443 g/mol. The number of carbonyl (C=O) groups is 1. The van der Waals surface area contributed by atoms with Crippen LogP contribution >= 0.6 is 39.7 Å². The van der Waals surface area contributed by atoms with Gasteiger partial charge in [0, 0.05) is 28.3 Å². The highest BCUT2D eigenvalue weighted by molar-refractivity contribution is 9.10. The molecule has 1 saturated heterocycles. The lowest BCUT2D eigenvalue weighted by Crippen LogP contribution is -2.46. The van der Waals surface area contributed by atoms with Gasteiger partial charge in [-0.2, -0.15) is 0 Å². The Morgan fingerprint density at radius 3 is 2.92 bits per heavy atom. The number of amides is 1. The van der Waals surface area contributed by atoms with E-state index in [2.05, 4.69) is 26.0 Å². The molecule has 132 valence electrons. The highest BCUT2D eigenvalue weighted by Gasteiger charge is 2.32. The van der Waals surface area contributed by atoms with E-state index >= 15 is 0 Å².